The predicted octanol–water partition coefficient (Wildman–Crippen LogP) is 0.0597. The molecule has 1 aliphatic rings. The quantitative estimate of drug-likeness (QED) is 0.589. The van der Waals surface area contributed by atoms with Crippen LogP contribution in [0.3, 0.4) is 0 Å². The SMILES string of the molecule is CC(=O)[O-].CC(=O)[O-].[Rh+2][C]1=CC=CCCCC1. The summed E-state index contributed by atoms with van der Waals surface area (Å²) in [7, 11) is 0. The fraction of sp³-hybridized carbons (Fsp3) is 0.500. The summed E-state index contributed by atoms with van der Waals surface area (Å²) in [5.41, 5.74) is 0. The number of carbonyl (C=O) groups is 2. The van der Waals surface area contributed by atoms with Crippen molar-refractivity contribution in [2.75, 3.05) is 0 Å². The van der Waals surface area contributed by atoms with Crippen molar-refractivity contribution in [3.63, 3.8) is 0 Å². The molecule has 0 aromatic carbocycles. The molecule has 0 unspecified atom stereocenters. The van der Waals surface area contributed by atoms with Crippen molar-refractivity contribution in [2.24, 2.45) is 0 Å². The van der Waals surface area contributed by atoms with Crippen LogP contribution in [0.2, 0.25) is 0 Å². The van der Waals surface area contributed by atoms with Gasteiger partial charge < -0.3 is 19.8 Å². The van der Waals surface area contributed by atoms with E-state index in [1.807, 2.05) is 0 Å². The van der Waals surface area contributed by atoms with Crippen molar-refractivity contribution in [3.05, 3.63) is 22.4 Å². The summed E-state index contributed by atoms with van der Waals surface area (Å²) >= 11 is 2.95. The molecule has 1 aliphatic carbocycles. The first-order chi connectivity index (χ1) is 7.86. The Morgan fingerprint density at radius 1 is 1.18 bits per heavy atom. The fourth-order valence-electron chi connectivity index (χ4n) is 0.896. The van der Waals surface area contributed by atoms with Gasteiger partial charge in [0.2, 0.25) is 0 Å². The third kappa shape index (κ3) is 31.3. The molecule has 1 rings (SSSR count). The number of rotatable bonds is 0. The Hall–Kier alpha value is -0.957. The molecule has 0 bridgehead atoms. The summed E-state index contributed by atoms with van der Waals surface area (Å²) in [5.74, 6) is -2.17. The van der Waals surface area contributed by atoms with Crippen LogP contribution in [-0.4, -0.2) is 11.9 Å². The first kappa shape index (κ1) is 18.4. The summed E-state index contributed by atoms with van der Waals surface area (Å²) < 4.78 is 1.41. The minimum atomic E-state index is -1.08. The number of aliphatic carboxylic acids is 2. The van der Waals surface area contributed by atoms with Gasteiger partial charge in [-0.2, -0.15) is 0 Å². The Kier molecular flexibility index (Phi) is 14.2. The Balaban J connectivity index is 0. The molecule has 4 nitrogen and oxygen atoms in total. The standard InChI is InChI=1S/C8H11.2C2H4O2.Rh/c1-2-4-6-8-7-5-3-1;2*1-2(3)4;/h1-3H,4,6-8H2;2*1H3,(H,3,4);/q;;;+2/p-2. The summed E-state index contributed by atoms with van der Waals surface area (Å²) in [6, 6.07) is 0. The molecule has 0 radical (unpaired) electrons. The van der Waals surface area contributed by atoms with Gasteiger partial charge in [0.05, 0.1) is 0 Å². The van der Waals surface area contributed by atoms with Crippen LogP contribution in [0, 0.1) is 0 Å². The van der Waals surface area contributed by atoms with Crippen molar-refractivity contribution in [1.29, 1.82) is 0 Å². The van der Waals surface area contributed by atoms with Crippen molar-refractivity contribution >= 4 is 11.9 Å². The van der Waals surface area contributed by atoms with Crippen LogP contribution in [0.25, 0.3) is 0 Å². The molecule has 0 aromatic heterocycles. The first-order valence-corrected chi connectivity index (χ1v) is 6.02. The van der Waals surface area contributed by atoms with Crippen LogP contribution in [0.1, 0.15) is 39.5 Å². The van der Waals surface area contributed by atoms with Crippen molar-refractivity contribution in [1.82, 2.24) is 0 Å². The molecule has 0 amide bonds. The van der Waals surface area contributed by atoms with Gasteiger partial charge in [0.15, 0.2) is 0 Å². The molecule has 0 atom stereocenters. The zero-order chi connectivity index (χ0) is 13.7. The van der Waals surface area contributed by atoms with Gasteiger partial charge in [0, 0.05) is 11.9 Å². The third-order valence-electron chi connectivity index (χ3n) is 1.43. The van der Waals surface area contributed by atoms with Crippen LogP contribution in [0.5, 0.6) is 0 Å². The van der Waals surface area contributed by atoms with Gasteiger partial charge in [-0.15, -0.1) is 0 Å². The summed E-state index contributed by atoms with van der Waals surface area (Å²) in [6.45, 7) is 1.94. The number of hydrogen-bond donors (Lipinski definition) is 0. The van der Waals surface area contributed by atoms with Gasteiger partial charge in [-0.05, 0) is 13.8 Å². The van der Waals surface area contributed by atoms with Gasteiger partial charge in [0.1, 0.15) is 0 Å². The molecule has 0 spiro atoms. The van der Waals surface area contributed by atoms with Crippen LogP contribution in [0.4, 0.5) is 0 Å². The monoisotopic (exact) mass is 328 g/mol. The van der Waals surface area contributed by atoms with Crippen LogP contribution < -0.4 is 10.2 Å². The number of carboxylic acid groups (broad SMARTS) is 2. The van der Waals surface area contributed by atoms with E-state index < -0.39 is 11.9 Å². The first-order valence-electron chi connectivity index (χ1n) is 5.20. The fourth-order valence-corrected chi connectivity index (χ4v) is 1.34. The van der Waals surface area contributed by atoms with E-state index in [-0.39, 0.29) is 0 Å². The van der Waals surface area contributed by atoms with E-state index in [4.69, 9.17) is 19.8 Å². The Labute approximate surface area is 112 Å². The third-order valence-corrected chi connectivity index (χ3v) is 2.11. The van der Waals surface area contributed by atoms with E-state index in [2.05, 4.69) is 36.5 Å². The number of carboxylic acids is 2. The maximum absolute atomic E-state index is 8.89. The van der Waals surface area contributed by atoms with Crippen LogP contribution >= 0.6 is 0 Å². The normalized spacial score (nSPS) is 13.7. The number of hydrogen-bond acceptors (Lipinski definition) is 4. The molecule has 0 saturated heterocycles. The zero-order valence-electron chi connectivity index (χ0n) is 10.0. The van der Waals surface area contributed by atoms with Crippen LogP contribution in [-0.2, 0) is 27.9 Å². The number of carbonyl (C=O) groups excluding carboxylic acids is 2. The molecule has 98 valence electrons. The van der Waals surface area contributed by atoms with E-state index >= 15 is 0 Å². The molecule has 0 saturated carbocycles. The van der Waals surface area contributed by atoms with Gasteiger partial charge in [-0.1, -0.05) is 0 Å². The summed E-state index contributed by atoms with van der Waals surface area (Å²) in [4.78, 5) is 17.8. The topological polar surface area (TPSA) is 80.3 Å². The molecule has 0 heterocycles. The Bertz CT molecular complexity index is 262. The maximum atomic E-state index is 8.89. The average molecular weight is 328 g/mol. The Morgan fingerprint density at radius 3 is 2.12 bits per heavy atom. The van der Waals surface area contributed by atoms with Crippen molar-refractivity contribution in [3.8, 4) is 0 Å². The molecule has 17 heavy (non-hydrogen) atoms. The van der Waals surface area contributed by atoms with Gasteiger partial charge in [0.25, 0.3) is 0 Å². The molecule has 0 aromatic rings. The average Bonchev–Trinajstić information content (AvgIpc) is 2.09. The van der Waals surface area contributed by atoms with E-state index in [0.29, 0.717) is 0 Å². The summed E-state index contributed by atoms with van der Waals surface area (Å²) in [5, 5.41) is 17.8. The van der Waals surface area contributed by atoms with E-state index in [1.165, 1.54) is 29.9 Å². The van der Waals surface area contributed by atoms with Gasteiger partial charge in [-0.3, -0.25) is 0 Å². The second kappa shape index (κ2) is 13.1. The van der Waals surface area contributed by atoms with Crippen LogP contribution in [0.15, 0.2) is 22.4 Å². The van der Waals surface area contributed by atoms with E-state index in [9.17, 15) is 0 Å². The second-order valence-corrected chi connectivity index (χ2v) is 4.29. The molecule has 5 heteroatoms. The van der Waals surface area contributed by atoms with E-state index in [0.717, 1.165) is 13.8 Å². The number of allylic oxidation sites excluding steroid dienone is 4. The van der Waals surface area contributed by atoms with E-state index in [1.54, 1.807) is 0 Å². The van der Waals surface area contributed by atoms with Crippen molar-refractivity contribution in [2.45, 2.75) is 39.5 Å². The predicted molar refractivity (Wildman–Crippen MR) is 57.1 cm³/mol. The molecule has 0 aliphatic heterocycles. The molecular formula is C12H17O4Rh. The second-order valence-electron chi connectivity index (χ2n) is 3.24. The minimum absolute atomic E-state index is 0.972. The molecular weight excluding hydrogens is 311 g/mol. The summed E-state index contributed by atoms with van der Waals surface area (Å²) in [6.07, 6.45) is 11.7. The van der Waals surface area contributed by atoms with Gasteiger partial charge >= 0.3 is 66.4 Å². The zero-order valence-corrected chi connectivity index (χ0v) is 11.7. The Morgan fingerprint density at radius 2 is 1.65 bits per heavy atom. The molecule has 0 N–H and O–H groups in total. The van der Waals surface area contributed by atoms with Crippen molar-refractivity contribution < 1.29 is 38.1 Å². The van der Waals surface area contributed by atoms with Gasteiger partial charge in [-0.25, -0.2) is 0 Å². The molecule has 0 fully saturated rings.